The molecule has 0 fully saturated rings. The van der Waals surface area contributed by atoms with Gasteiger partial charge in [-0.3, -0.25) is 4.72 Å². The normalized spacial score (nSPS) is 12.9. The van der Waals surface area contributed by atoms with Crippen molar-refractivity contribution in [3.05, 3.63) is 23.0 Å². The third kappa shape index (κ3) is 2.84. The zero-order valence-corrected chi connectivity index (χ0v) is 10.3. The first-order chi connectivity index (χ1) is 7.36. The van der Waals surface area contributed by atoms with Crippen molar-refractivity contribution in [1.29, 1.82) is 5.26 Å². The Bertz CT molecular complexity index is 536. The van der Waals surface area contributed by atoms with Gasteiger partial charge in [0.15, 0.2) is 5.25 Å². The average Bonchev–Trinajstić information content (AvgIpc) is 2.21. The van der Waals surface area contributed by atoms with Crippen molar-refractivity contribution in [2.75, 3.05) is 4.72 Å². The quantitative estimate of drug-likeness (QED) is 0.838. The SMILES string of the molecule is Cc1nc(Cl)ccc1NS(=O)(=O)C(C)C#N. The van der Waals surface area contributed by atoms with Crippen molar-refractivity contribution in [2.45, 2.75) is 19.1 Å². The Hall–Kier alpha value is -1.32. The van der Waals surface area contributed by atoms with Crippen LogP contribution in [0.5, 0.6) is 0 Å². The van der Waals surface area contributed by atoms with E-state index in [0.29, 0.717) is 11.4 Å². The van der Waals surface area contributed by atoms with Crippen LogP contribution in [-0.4, -0.2) is 18.7 Å². The number of anilines is 1. The van der Waals surface area contributed by atoms with Gasteiger partial charge in [0, 0.05) is 0 Å². The van der Waals surface area contributed by atoms with Crippen LogP contribution < -0.4 is 4.72 Å². The highest BCUT2D eigenvalue weighted by Crippen LogP contribution is 2.18. The Morgan fingerprint density at radius 2 is 2.19 bits per heavy atom. The molecule has 0 amide bonds. The Kier molecular flexibility index (Phi) is 3.73. The molecule has 0 radical (unpaired) electrons. The Morgan fingerprint density at radius 3 is 2.69 bits per heavy atom. The summed E-state index contributed by atoms with van der Waals surface area (Å²) in [6.07, 6.45) is 0. The van der Waals surface area contributed by atoms with Crippen molar-refractivity contribution in [2.24, 2.45) is 0 Å². The maximum atomic E-state index is 11.6. The summed E-state index contributed by atoms with van der Waals surface area (Å²) in [7, 11) is -3.69. The fourth-order valence-corrected chi connectivity index (χ4v) is 1.98. The minimum atomic E-state index is -3.69. The van der Waals surface area contributed by atoms with Crippen LogP contribution in [0.2, 0.25) is 5.15 Å². The smallest absolute Gasteiger partial charge is 0.248 e. The van der Waals surface area contributed by atoms with Crippen LogP contribution in [0.3, 0.4) is 0 Å². The molecular weight excluding hydrogens is 250 g/mol. The molecule has 0 aliphatic heterocycles. The van der Waals surface area contributed by atoms with Crippen LogP contribution in [0.25, 0.3) is 0 Å². The molecule has 7 heteroatoms. The predicted molar refractivity (Wildman–Crippen MR) is 61.6 cm³/mol. The molecule has 1 heterocycles. The molecule has 0 aliphatic carbocycles. The van der Waals surface area contributed by atoms with Gasteiger partial charge < -0.3 is 0 Å². The largest absolute Gasteiger partial charge is 0.281 e. The lowest BCUT2D eigenvalue weighted by Crippen LogP contribution is -2.24. The average molecular weight is 260 g/mol. The lowest BCUT2D eigenvalue weighted by Gasteiger charge is -2.10. The molecule has 0 bridgehead atoms. The molecular formula is C9H10ClN3O2S. The first-order valence-corrected chi connectivity index (χ1v) is 6.33. The maximum Gasteiger partial charge on any atom is 0.248 e. The molecule has 5 nitrogen and oxygen atoms in total. The molecule has 1 atom stereocenters. The molecule has 1 rings (SSSR count). The Balaban J connectivity index is 3.03. The third-order valence-electron chi connectivity index (χ3n) is 1.95. The first-order valence-electron chi connectivity index (χ1n) is 4.41. The number of hydrogen-bond acceptors (Lipinski definition) is 4. The lowest BCUT2D eigenvalue weighted by molar-refractivity contribution is 0.597. The van der Waals surface area contributed by atoms with Crippen LogP contribution in [-0.2, 0) is 10.0 Å². The second kappa shape index (κ2) is 4.68. The summed E-state index contributed by atoms with van der Waals surface area (Å²) in [6.45, 7) is 2.93. The van der Waals surface area contributed by atoms with Crippen molar-refractivity contribution in [3.8, 4) is 6.07 Å². The van der Waals surface area contributed by atoms with Gasteiger partial charge in [0.05, 0.1) is 17.5 Å². The van der Waals surface area contributed by atoms with E-state index in [-0.39, 0.29) is 5.15 Å². The number of nitrogens with one attached hydrogen (secondary N) is 1. The van der Waals surface area contributed by atoms with Gasteiger partial charge in [-0.25, -0.2) is 13.4 Å². The van der Waals surface area contributed by atoms with E-state index >= 15 is 0 Å². The summed E-state index contributed by atoms with van der Waals surface area (Å²) in [5.41, 5.74) is 0.785. The summed E-state index contributed by atoms with van der Waals surface area (Å²) < 4.78 is 25.4. The predicted octanol–water partition coefficient (Wildman–Crippen LogP) is 1.70. The molecule has 1 N–H and O–H groups in total. The monoisotopic (exact) mass is 259 g/mol. The zero-order chi connectivity index (χ0) is 12.3. The van der Waals surface area contributed by atoms with Crippen molar-refractivity contribution >= 4 is 27.3 Å². The van der Waals surface area contributed by atoms with Gasteiger partial charge in [0.1, 0.15) is 5.15 Å². The number of pyridine rings is 1. The molecule has 1 unspecified atom stereocenters. The number of sulfonamides is 1. The highest BCUT2D eigenvalue weighted by atomic mass is 35.5. The summed E-state index contributed by atoms with van der Waals surface area (Å²) in [5, 5.41) is 7.72. The highest BCUT2D eigenvalue weighted by molar-refractivity contribution is 7.93. The maximum absolute atomic E-state index is 11.6. The van der Waals surface area contributed by atoms with Gasteiger partial charge in [-0.2, -0.15) is 5.26 Å². The zero-order valence-electron chi connectivity index (χ0n) is 8.73. The second-order valence-corrected chi connectivity index (χ2v) is 5.57. The minimum Gasteiger partial charge on any atom is -0.281 e. The standard InChI is InChI=1S/C9H10ClN3O2S/c1-6(5-11)16(14,15)13-8-3-4-9(10)12-7(8)2/h3-4,6,13H,1-2H3. The van der Waals surface area contributed by atoms with Gasteiger partial charge in [-0.1, -0.05) is 11.6 Å². The summed E-state index contributed by atoms with van der Waals surface area (Å²) in [5.74, 6) is 0. The second-order valence-electron chi connectivity index (χ2n) is 3.19. The van der Waals surface area contributed by atoms with E-state index in [4.69, 9.17) is 16.9 Å². The molecule has 0 aliphatic rings. The van der Waals surface area contributed by atoms with Gasteiger partial charge >= 0.3 is 0 Å². The fourth-order valence-electron chi connectivity index (χ4n) is 0.949. The van der Waals surface area contributed by atoms with E-state index in [9.17, 15) is 8.42 Å². The number of nitrogens with zero attached hydrogens (tertiary/aromatic N) is 2. The van der Waals surface area contributed by atoms with Crippen molar-refractivity contribution in [1.82, 2.24) is 4.98 Å². The molecule has 0 aromatic carbocycles. The third-order valence-corrected chi connectivity index (χ3v) is 3.70. The Morgan fingerprint density at radius 1 is 1.56 bits per heavy atom. The molecule has 0 saturated heterocycles. The first kappa shape index (κ1) is 12.7. The van der Waals surface area contributed by atoms with Crippen molar-refractivity contribution in [3.63, 3.8) is 0 Å². The molecule has 16 heavy (non-hydrogen) atoms. The van der Waals surface area contributed by atoms with Crippen LogP contribution in [0.1, 0.15) is 12.6 Å². The number of aryl methyl sites for hydroxylation is 1. The van der Waals surface area contributed by atoms with Crippen molar-refractivity contribution < 1.29 is 8.42 Å². The van der Waals surface area contributed by atoms with Gasteiger partial charge in [0.25, 0.3) is 0 Å². The topological polar surface area (TPSA) is 82.8 Å². The van der Waals surface area contributed by atoms with Crippen LogP contribution in [0, 0.1) is 18.3 Å². The fraction of sp³-hybridized carbons (Fsp3) is 0.333. The molecule has 0 spiro atoms. The van der Waals surface area contributed by atoms with Crippen LogP contribution in [0.4, 0.5) is 5.69 Å². The number of rotatable bonds is 3. The van der Waals surface area contributed by atoms with Gasteiger partial charge in [-0.05, 0) is 26.0 Å². The van der Waals surface area contributed by atoms with Gasteiger partial charge in [0.2, 0.25) is 10.0 Å². The van der Waals surface area contributed by atoms with E-state index in [1.807, 2.05) is 0 Å². The number of nitriles is 1. The minimum absolute atomic E-state index is 0.286. The molecule has 86 valence electrons. The summed E-state index contributed by atoms with van der Waals surface area (Å²) >= 11 is 5.64. The molecule has 1 aromatic rings. The molecule has 1 aromatic heterocycles. The van der Waals surface area contributed by atoms with Crippen LogP contribution >= 0.6 is 11.6 Å². The van der Waals surface area contributed by atoms with E-state index in [1.54, 1.807) is 13.0 Å². The summed E-state index contributed by atoms with van der Waals surface area (Å²) in [4.78, 5) is 3.90. The van der Waals surface area contributed by atoms with E-state index in [0.717, 1.165) is 0 Å². The van der Waals surface area contributed by atoms with E-state index in [2.05, 4.69) is 9.71 Å². The van der Waals surface area contributed by atoms with Gasteiger partial charge in [-0.15, -0.1) is 0 Å². The number of aromatic nitrogens is 1. The number of hydrogen-bond donors (Lipinski definition) is 1. The lowest BCUT2D eigenvalue weighted by atomic mass is 10.3. The highest BCUT2D eigenvalue weighted by Gasteiger charge is 2.20. The van der Waals surface area contributed by atoms with E-state index < -0.39 is 15.3 Å². The molecule has 0 saturated carbocycles. The summed E-state index contributed by atoms with van der Waals surface area (Å²) in [6, 6.07) is 4.64. The van der Waals surface area contributed by atoms with E-state index in [1.165, 1.54) is 19.1 Å². The Labute approximate surface area is 99.1 Å². The number of halogens is 1. The van der Waals surface area contributed by atoms with Crippen LogP contribution in [0.15, 0.2) is 12.1 Å².